The first-order valence-electron chi connectivity index (χ1n) is 4.52. The molecule has 4 atom stereocenters. The van der Waals surface area contributed by atoms with Crippen LogP contribution in [0.1, 0.15) is 19.8 Å². The number of aliphatic hydroxyl groups is 1. The molecule has 2 bridgehead atoms. The number of allylic oxidation sites excluding steroid dienone is 2. The normalized spacial score (nSPS) is 42.6. The summed E-state index contributed by atoms with van der Waals surface area (Å²) in [5, 5.41) is 9.88. The first-order chi connectivity index (χ1) is 5.63. The number of hydrogen-bond donors (Lipinski definition) is 1. The minimum absolute atomic E-state index is 0.289. The van der Waals surface area contributed by atoms with E-state index in [1.807, 2.05) is 0 Å². The summed E-state index contributed by atoms with van der Waals surface area (Å²) < 4.78 is 0. The molecule has 0 aromatic carbocycles. The Morgan fingerprint density at radius 3 is 2.67 bits per heavy atom. The Hall–Kier alpha value is -0.740. The number of terminal acetylenes is 1. The molecular formula is C11H14O. The molecule has 0 amide bonds. The second-order valence-electron chi connectivity index (χ2n) is 4.18. The second-order valence-corrected chi connectivity index (χ2v) is 4.18. The van der Waals surface area contributed by atoms with Gasteiger partial charge in [0.15, 0.2) is 0 Å². The second kappa shape index (κ2) is 2.37. The van der Waals surface area contributed by atoms with Gasteiger partial charge >= 0.3 is 0 Å². The van der Waals surface area contributed by atoms with E-state index in [-0.39, 0.29) is 5.92 Å². The minimum atomic E-state index is -0.899. The predicted octanol–water partition coefficient (Wildman–Crippen LogP) is 1.58. The predicted molar refractivity (Wildman–Crippen MR) is 48.3 cm³/mol. The summed E-state index contributed by atoms with van der Waals surface area (Å²) in [6.07, 6.45) is 12.0. The molecule has 1 heteroatoms. The maximum Gasteiger partial charge on any atom is 0.125 e. The molecule has 1 saturated carbocycles. The van der Waals surface area contributed by atoms with Crippen molar-refractivity contribution in [3.05, 3.63) is 12.2 Å². The molecule has 0 radical (unpaired) electrons. The van der Waals surface area contributed by atoms with Crippen molar-refractivity contribution in [2.75, 3.05) is 0 Å². The molecule has 2 aliphatic carbocycles. The molecular weight excluding hydrogens is 148 g/mol. The van der Waals surface area contributed by atoms with Gasteiger partial charge in [-0.3, -0.25) is 0 Å². The van der Waals surface area contributed by atoms with Gasteiger partial charge < -0.3 is 5.11 Å². The fraction of sp³-hybridized carbons (Fsp3) is 0.636. The van der Waals surface area contributed by atoms with Gasteiger partial charge in [0.25, 0.3) is 0 Å². The molecule has 64 valence electrons. The van der Waals surface area contributed by atoms with Gasteiger partial charge in [-0.15, -0.1) is 6.42 Å². The largest absolute Gasteiger partial charge is 0.378 e. The van der Waals surface area contributed by atoms with Gasteiger partial charge in [-0.25, -0.2) is 0 Å². The zero-order valence-electron chi connectivity index (χ0n) is 7.33. The third-order valence-electron chi connectivity index (χ3n) is 3.29. The molecule has 2 rings (SSSR count). The van der Waals surface area contributed by atoms with E-state index in [4.69, 9.17) is 6.42 Å². The van der Waals surface area contributed by atoms with Crippen LogP contribution < -0.4 is 0 Å². The Morgan fingerprint density at radius 1 is 1.50 bits per heavy atom. The topological polar surface area (TPSA) is 20.2 Å². The molecule has 2 aliphatic rings. The van der Waals surface area contributed by atoms with Gasteiger partial charge in [-0.1, -0.05) is 18.1 Å². The van der Waals surface area contributed by atoms with E-state index in [2.05, 4.69) is 18.1 Å². The van der Waals surface area contributed by atoms with E-state index < -0.39 is 5.60 Å². The zero-order chi connectivity index (χ0) is 8.77. The quantitative estimate of drug-likeness (QED) is 0.458. The highest BCUT2D eigenvalue weighted by Gasteiger charge is 2.44. The van der Waals surface area contributed by atoms with Crippen LogP contribution in [0.5, 0.6) is 0 Å². The molecule has 0 aromatic heterocycles. The van der Waals surface area contributed by atoms with Crippen molar-refractivity contribution in [2.24, 2.45) is 17.8 Å². The summed E-state index contributed by atoms with van der Waals surface area (Å²) >= 11 is 0. The van der Waals surface area contributed by atoms with Gasteiger partial charge in [0.1, 0.15) is 5.60 Å². The Balaban J connectivity index is 2.19. The van der Waals surface area contributed by atoms with Crippen LogP contribution in [0.4, 0.5) is 0 Å². The van der Waals surface area contributed by atoms with Crippen molar-refractivity contribution in [3.8, 4) is 12.3 Å². The average molecular weight is 162 g/mol. The van der Waals surface area contributed by atoms with Crippen LogP contribution >= 0.6 is 0 Å². The summed E-state index contributed by atoms with van der Waals surface area (Å²) in [5.41, 5.74) is -0.899. The Kier molecular flexibility index (Phi) is 1.56. The summed E-state index contributed by atoms with van der Waals surface area (Å²) in [5.74, 6) is 3.99. The van der Waals surface area contributed by atoms with Gasteiger partial charge in [0, 0.05) is 5.92 Å². The zero-order valence-corrected chi connectivity index (χ0v) is 7.33. The average Bonchev–Trinajstić information content (AvgIpc) is 2.64. The van der Waals surface area contributed by atoms with Crippen LogP contribution in [0.3, 0.4) is 0 Å². The van der Waals surface area contributed by atoms with E-state index in [0.717, 1.165) is 6.42 Å². The lowest BCUT2D eigenvalue weighted by Crippen LogP contribution is -2.35. The van der Waals surface area contributed by atoms with Gasteiger partial charge in [-0.05, 0) is 31.6 Å². The molecule has 1 N–H and O–H groups in total. The third-order valence-corrected chi connectivity index (χ3v) is 3.29. The van der Waals surface area contributed by atoms with E-state index >= 15 is 0 Å². The summed E-state index contributed by atoms with van der Waals surface area (Å²) in [6, 6.07) is 0. The number of rotatable bonds is 1. The Labute approximate surface area is 73.5 Å². The van der Waals surface area contributed by atoms with Crippen molar-refractivity contribution >= 4 is 0 Å². The molecule has 0 spiro atoms. The van der Waals surface area contributed by atoms with Gasteiger partial charge in [0.05, 0.1) is 0 Å². The van der Waals surface area contributed by atoms with E-state index in [1.165, 1.54) is 6.42 Å². The highest BCUT2D eigenvalue weighted by Crippen LogP contribution is 2.47. The van der Waals surface area contributed by atoms with E-state index in [0.29, 0.717) is 11.8 Å². The van der Waals surface area contributed by atoms with Crippen LogP contribution in [0.25, 0.3) is 0 Å². The molecule has 0 aromatic rings. The number of fused-ring (bicyclic) bond motifs is 2. The molecule has 0 aliphatic heterocycles. The van der Waals surface area contributed by atoms with Crippen LogP contribution in [0, 0.1) is 30.1 Å². The molecule has 0 heterocycles. The number of hydrogen-bond acceptors (Lipinski definition) is 1. The van der Waals surface area contributed by atoms with Gasteiger partial charge in [0.2, 0.25) is 0 Å². The van der Waals surface area contributed by atoms with Gasteiger partial charge in [-0.2, -0.15) is 0 Å². The summed E-state index contributed by atoms with van der Waals surface area (Å²) in [7, 11) is 0. The van der Waals surface area contributed by atoms with Crippen LogP contribution in [0.2, 0.25) is 0 Å². The van der Waals surface area contributed by atoms with Crippen molar-refractivity contribution in [1.82, 2.24) is 0 Å². The van der Waals surface area contributed by atoms with Crippen LogP contribution in [-0.2, 0) is 0 Å². The molecule has 0 saturated heterocycles. The Bertz CT molecular complexity index is 257. The van der Waals surface area contributed by atoms with E-state index in [1.54, 1.807) is 6.92 Å². The third kappa shape index (κ3) is 0.990. The molecule has 1 fully saturated rings. The first kappa shape index (κ1) is 7.89. The van der Waals surface area contributed by atoms with Crippen molar-refractivity contribution in [1.29, 1.82) is 0 Å². The van der Waals surface area contributed by atoms with Crippen molar-refractivity contribution in [2.45, 2.75) is 25.4 Å². The standard InChI is InChI=1S/C11H14O/c1-3-11(2,12)10-7-8-4-5-9(10)6-8/h1,4-5,8-10,12H,6-7H2,2H3/t8-,9+,10+,11+/m1/s1. The Morgan fingerprint density at radius 2 is 2.25 bits per heavy atom. The monoisotopic (exact) mass is 162 g/mol. The van der Waals surface area contributed by atoms with Crippen molar-refractivity contribution in [3.63, 3.8) is 0 Å². The van der Waals surface area contributed by atoms with Crippen molar-refractivity contribution < 1.29 is 5.11 Å². The fourth-order valence-corrected chi connectivity index (χ4v) is 2.53. The lowest BCUT2D eigenvalue weighted by molar-refractivity contribution is 0.0434. The lowest BCUT2D eigenvalue weighted by Gasteiger charge is -2.29. The fourth-order valence-electron chi connectivity index (χ4n) is 2.53. The minimum Gasteiger partial charge on any atom is -0.378 e. The maximum atomic E-state index is 9.88. The summed E-state index contributed by atoms with van der Waals surface area (Å²) in [6.45, 7) is 1.76. The van der Waals surface area contributed by atoms with E-state index in [9.17, 15) is 5.11 Å². The highest BCUT2D eigenvalue weighted by molar-refractivity contribution is 5.19. The molecule has 0 unspecified atom stereocenters. The summed E-state index contributed by atoms with van der Waals surface area (Å²) in [4.78, 5) is 0. The molecule has 12 heavy (non-hydrogen) atoms. The first-order valence-corrected chi connectivity index (χ1v) is 4.52. The van der Waals surface area contributed by atoms with Crippen LogP contribution in [-0.4, -0.2) is 10.7 Å². The molecule has 1 nitrogen and oxygen atoms in total. The lowest BCUT2D eigenvalue weighted by atomic mass is 9.80. The SMILES string of the molecule is C#C[C@](C)(O)[C@H]1C[C@@H]2C=C[C@H]1C2. The van der Waals surface area contributed by atoms with Crippen LogP contribution in [0.15, 0.2) is 12.2 Å². The highest BCUT2D eigenvalue weighted by atomic mass is 16.3. The maximum absolute atomic E-state index is 9.88. The smallest absolute Gasteiger partial charge is 0.125 e.